The minimum absolute atomic E-state index is 0.0700. The summed E-state index contributed by atoms with van der Waals surface area (Å²) in [6, 6.07) is 15.7. The maximum absolute atomic E-state index is 12.6. The maximum atomic E-state index is 12.6. The summed E-state index contributed by atoms with van der Waals surface area (Å²) in [5.41, 5.74) is 5.86. The van der Waals surface area contributed by atoms with Gasteiger partial charge in [-0.1, -0.05) is 24.3 Å². The highest BCUT2D eigenvalue weighted by molar-refractivity contribution is 7.07. The quantitative estimate of drug-likeness (QED) is 0.603. The van der Waals surface area contributed by atoms with Crippen LogP contribution < -0.4 is 15.0 Å². The van der Waals surface area contributed by atoms with Crippen LogP contribution in [0.1, 0.15) is 40.0 Å². The summed E-state index contributed by atoms with van der Waals surface area (Å²) in [6.45, 7) is 4.52. The van der Waals surface area contributed by atoms with E-state index in [9.17, 15) is 4.79 Å². The van der Waals surface area contributed by atoms with E-state index in [-0.39, 0.29) is 5.91 Å². The van der Waals surface area contributed by atoms with Crippen molar-refractivity contribution < 1.29 is 14.4 Å². The van der Waals surface area contributed by atoms with E-state index in [0.717, 1.165) is 18.0 Å². The third-order valence-corrected chi connectivity index (χ3v) is 5.93. The van der Waals surface area contributed by atoms with Crippen molar-refractivity contribution in [2.75, 3.05) is 13.1 Å². The first-order valence-corrected chi connectivity index (χ1v) is 11.0. The minimum atomic E-state index is -0.0700. The van der Waals surface area contributed by atoms with Gasteiger partial charge in [0, 0.05) is 35.9 Å². The summed E-state index contributed by atoms with van der Waals surface area (Å²) in [4.78, 5) is 18.4. The molecule has 1 aromatic heterocycles. The Kier molecular flexibility index (Phi) is 6.54. The first kappa shape index (κ1) is 19.6. The van der Waals surface area contributed by atoms with Gasteiger partial charge in [-0.2, -0.15) is 0 Å². The molecule has 0 radical (unpaired) electrons. The molecule has 0 saturated carbocycles. The lowest BCUT2D eigenvalue weighted by Crippen LogP contribution is -3.08. The van der Waals surface area contributed by atoms with Crippen LogP contribution in [0, 0.1) is 0 Å². The lowest BCUT2D eigenvalue weighted by molar-refractivity contribution is -0.901. The van der Waals surface area contributed by atoms with E-state index in [1.807, 2.05) is 23.6 Å². The van der Waals surface area contributed by atoms with Gasteiger partial charge in [-0.25, -0.2) is 4.98 Å². The molecule has 6 heteroatoms. The van der Waals surface area contributed by atoms with Gasteiger partial charge in [0.05, 0.1) is 24.3 Å². The van der Waals surface area contributed by atoms with Crippen molar-refractivity contribution in [2.45, 2.75) is 32.5 Å². The average molecular weight is 409 g/mol. The second kappa shape index (κ2) is 9.67. The number of amides is 1. The third kappa shape index (κ3) is 5.43. The molecule has 150 valence electrons. The van der Waals surface area contributed by atoms with E-state index < -0.39 is 0 Å². The van der Waals surface area contributed by atoms with E-state index in [0.29, 0.717) is 18.7 Å². The van der Waals surface area contributed by atoms with Gasteiger partial charge in [-0.3, -0.25) is 4.79 Å². The van der Waals surface area contributed by atoms with Gasteiger partial charge in [0.2, 0.25) is 0 Å². The molecular weight excluding hydrogens is 382 g/mol. The smallest absolute Gasteiger partial charge is 0.251 e. The van der Waals surface area contributed by atoms with Gasteiger partial charge < -0.3 is 15.0 Å². The Morgan fingerprint density at radius 2 is 1.83 bits per heavy atom. The van der Waals surface area contributed by atoms with Crippen LogP contribution in [0.15, 0.2) is 59.4 Å². The van der Waals surface area contributed by atoms with E-state index in [4.69, 9.17) is 4.74 Å². The number of quaternary nitrogens is 1. The van der Waals surface area contributed by atoms with Gasteiger partial charge in [0.25, 0.3) is 5.91 Å². The Balaban J connectivity index is 1.31. The van der Waals surface area contributed by atoms with Crippen molar-refractivity contribution in [3.05, 3.63) is 81.8 Å². The molecule has 1 amide bonds. The number of nitrogens with one attached hydrogen (secondary N) is 2. The molecule has 0 bridgehead atoms. The van der Waals surface area contributed by atoms with Crippen LogP contribution in [0.4, 0.5) is 0 Å². The number of ether oxygens (including phenoxy) is 1. The van der Waals surface area contributed by atoms with Crippen molar-refractivity contribution >= 4 is 17.2 Å². The summed E-state index contributed by atoms with van der Waals surface area (Å²) in [7, 11) is 0. The second-order valence-corrected chi connectivity index (χ2v) is 8.10. The maximum Gasteiger partial charge on any atom is 0.251 e. The molecule has 0 atom stereocenters. The Morgan fingerprint density at radius 1 is 1.07 bits per heavy atom. The summed E-state index contributed by atoms with van der Waals surface area (Å²) < 4.78 is 5.70. The molecule has 1 aliphatic heterocycles. The van der Waals surface area contributed by atoms with Crippen LogP contribution in [0.3, 0.4) is 0 Å². The summed E-state index contributed by atoms with van der Waals surface area (Å²) in [5, 5.41) is 5.02. The topological polar surface area (TPSA) is 55.7 Å². The lowest BCUT2D eigenvalue weighted by Gasteiger charge is -2.15. The normalized spacial score (nSPS) is 14.1. The zero-order valence-corrected chi connectivity index (χ0v) is 17.2. The highest BCUT2D eigenvalue weighted by Crippen LogP contribution is 2.15. The molecule has 2 heterocycles. The molecule has 1 saturated heterocycles. The molecule has 1 fully saturated rings. The Hall–Kier alpha value is -2.70. The molecule has 0 unspecified atom stereocenters. The number of aromatic nitrogens is 1. The number of hydrogen-bond acceptors (Lipinski definition) is 4. The summed E-state index contributed by atoms with van der Waals surface area (Å²) in [6.07, 6.45) is 2.63. The summed E-state index contributed by atoms with van der Waals surface area (Å²) in [5.74, 6) is 0.660. The Bertz CT molecular complexity index is 920. The highest BCUT2D eigenvalue weighted by atomic mass is 32.1. The fraction of sp³-hybridized carbons (Fsp3) is 0.304. The number of likely N-dealkylation sites (tertiary alicyclic amines) is 1. The molecule has 2 N–H and O–H groups in total. The van der Waals surface area contributed by atoms with E-state index in [2.05, 4.69) is 28.5 Å². The molecule has 29 heavy (non-hydrogen) atoms. The largest absolute Gasteiger partial charge is 0.487 e. The molecule has 5 nitrogen and oxygen atoms in total. The highest BCUT2D eigenvalue weighted by Gasteiger charge is 2.17. The van der Waals surface area contributed by atoms with Gasteiger partial charge in [-0.15, -0.1) is 11.3 Å². The lowest BCUT2D eigenvalue weighted by atomic mass is 10.1. The van der Waals surface area contributed by atoms with Crippen molar-refractivity contribution in [1.82, 2.24) is 10.3 Å². The number of carbonyl (C=O) groups excluding carboxylic acids is 1. The molecule has 1 aliphatic rings. The van der Waals surface area contributed by atoms with Gasteiger partial charge in [0.15, 0.2) is 0 Å². The molecule has 0 spiro atoms. The van der Waals surface area contributed by atoms with Crippen molar-refractivity contribution in [1.29, 1.82) is 0 Å². The van der Waals surface area contributed by atoms with Gasteiger partial charge in [0.1, 0.15) is 18.9 Å². The predicted molar refractivity (Wildman–Crippen MR) is 114 cm³/mol. The summed E-state index contributed by atoms with van der Waals surface area (Å²) >= 11 is 1.55. The zero-order chi connectivity index (χ0) is 19.9. The van der Waals surface area contributed by atoms with E-state index >= 15 is 0 Å². The Morgan fingerprint density at radius 3 is 2.55 bits per heavy atom. The molecule has 2 aromatic carbocycles. The number of hydrogen-bond donors (Lipinski definition) is 2. The zero-order valence-electron chi connectivity index (χ0n) is 16.4. The number of carbonyl (C=O) groups is 1. The van der Waals surface area contributed by atoms with Gasteiger partial charge in [-0.05, 0) is 29.8 Å². The first-order valence-electron chi connectivity index (χ1n) is 10.1. The fourth-order valence-electron chi connectivity index (χ4n) is 3.67. The van der Waals surface area contributed by atoms with Crippen molar-refractivity contribution in [2.24, 2.45) is 0 Å². The number of thiazole rings is 1. The van der Waals surface area contributed by atoms with Gasteiger partial charge >= 0.3 is 0 Å². The van der Waals surface area contributed by atoms with Crippen molar-refractivity contribution in [3.8, 4) is 5.75 Å². The molecule has 0 aliphatic carbocycles. The standard InChI is InChI=1S/C23H25N3O2S/c27-23(18-7-9-22(10-8-18)28-15-21-16-29-17-25-21)24-13-19-5-1-2-6-20(19)14-26-11-3-4-12-26/h1-2,5-10,16-17H,3-4,11-15H2,(H,24,27)/p+1. The minimum Gasteiger partial charge on any atom is -0.487 e. The first-order chi connectivity index (χ1) is 14.3. The van der Waals surface area contributed by atoms with E-state index in [1.165, 1.54) is 37.1 Å². The van der Waals surface area contributed by atoms with E-state index in [1.54, 1.807) is 33.9 Å². The predicted octanol–water partition coefficient (Wildman–Crippen LogP) is 2.83. The average Bonchev–Trinajstić information content (AvgIpc) is 3.46. The molecular formula is C23H26N3O2S+. The molecule has 4 rings (SSSR count). The third-order valence-electron chi connectivity index (χ3n) is 5.30. The Labute approximate surface area is 175 Å². The van der Waals surface area contributed by atoms with Crippen LogP contribution in [-0.2, 0) is 19.7 Å². The number of benzene rings is 2. The van der Waals surface area contributed by atoms with Crippen LogP contribution in [0.25, 0.3) is 0 Å². The van der Waals surface area contributed by atoms with Crippen LogP contribution in [-0.4, -0.2) is 24.0 Å². The monoisotopic (exact) mass is 408 g/mol. The SMILES string of the molecule is O=C(NCc1ccccc1C[NH+]1CCCC1)c1ccc(OCc2cscn2)cc1. The van der Waals surface area contributed by atoms with Crippen LogP contribution in [0.2, 0.25) is 0 Å². The fourth-order valence-corrected chi connectivity index (χ4v) is 4.21. The second-order valence-electron chi connectivity index (χ2n) is 7.38. The molecule has 3 aromatic rings. The van der Waals surface area contributed by atoms with Crippen LogP contribution >= 0.6 is 11.3 Å². The van der Waals surface area contributed by atoms with Crippen LogP contribution in [0.5, 0.6) is 5.75 Å². The number of rotatable bonds is 8. The van der Waals surface area contributed by atoms with Crippen molar-refractivity contribution in [3.63, 3.8) is 0 Å². The number of nitrogens with zero attached hydrogens (tertiary/aromatic N) is 1.